The highest BCUT2D eigenvalue weighted by Gasteiger charge is 2.15. The molecule has 0 aromatic heterocycles. The van der Waals surface area contributed by atoms with E-state index in [1.54, 1.807) is 0 Å². The average molecular weight is 266 g/mol. The second kappa shape index (κ2) is 7.34. The monoisotopic (exact) mass is 266 g/mol. The highest BCUT2D eigenvalue weighted by atomic mass is 32.1. The van der Waals surface area contributed by atoms with E-state index in [9.17, 15) is 0 Å². The summed E-state index contributed by atoms with van der Waals surface area (Å²) < 4.78 is 5.50. The lowest BCUT2D eigenvalue weighted by molar-refractivity contribution is 0.127. The lowest BCUT2D eigenvalue weighted by Gasteiger charge is -2.24. The summed E-state index contributed by atoms with van der Waals surface area (Å²) in [5.74, 6) is 0.468. The summed E-state index contributed by atoms with van der Waals surface area (Å²) in [6, 6.07) is 8.09. The number of benzene rings is 1. The molecule has 0 fully saturated rings. The fourth-order valence-corrected chi connectivity index (χ4v) is 1.85. The quantitative estimate of drug-likeness (QED) is 0.745. The Morgan fingerprint density at radius 3 is 2.61 bits per heavy atom. The molecule has 0 heterocycles. The SMILES string of the molecule is CCOCC(Nc1ccccc1C(N)=S)C(C)C. The molecule has 3 nitrogen and oxygen atoms in total. The minimum absolute atomic E-state index is 0.250. The van der Waals surface area contributed by atoms with E-state index in [-0.39, 0.29) is 6.04 Å². The van der Waals surface area contributed by atoms with E-state index in [2.05, 4.69) is 19.2 Å². The maximum atomic E-state index is 5.73. The second-order valence-corrected chi connectivity index (χ2v) is 5.00. The van der Waals surface area contributed by atoms with Gasteiger partial charge in [-0.2, -0.15) is 0 Å². The van der Waals surface area contributed by atoms with E-state index in [1.165, 1.54) is 0 Å². The van der Waals surface area contributed by atoms with Crippen molar-refractivity contribution in [2.75, 3.05) is 18.5 Å². The zero-order chi connectivity index (χ0) is 13.5. The molecule has 1 atom stereocenters. The van der Waals surface area contributed by atoms with E-state index < -0.39 is 0 Å². The Hall–Kier alpha value is -1.13. The third kappa shape index (κ3) is 4.27. The molecule has 1 rings (SSSR count). The van der Waals surface area contributed by atoms with Crippen LogP contribution in [0.1, 0.15) is 26.3 Å². The van der Waals surface area contributed by atoms with Gasteiger partial charge in [-0.3, -0.25) is 0 Å². The van der Waals surface area contributed by atoms with E-state index >= 15 is 0 Å². The molecule has 1 aromatic carbocycles. The molecular formula is C14H22N2OS. The van der Waals surface area contributed by atoms with Gasteiger partial charge >= 0.3 is 0 Å². The Morgan fingerprint density at radius 2 is 2.06 bits per heavy atom. The smallest absolute Gasteiger partial charge is 0.106 e. The van der Waals surface area contributed by atoms with Crippen molar-refractivity contribution >= 4 is 22.9 Å². The molecule has 0 aliphatic carbocycles. The van der Waals surface area contributed by atoms with E-state index in [0.717, 1.165) is 17.9 Å². The van der Waals surface area contributed by atoms with Crippen LogP contribution >= 0.6 is 12.2 Å². The van der Waals surface area contributed by atoms with Gasteiger partial charge in [-0.05, 0) is 25.0 Å². The van der Waals surface area contributed by atoms with Crippen LogP contribution in [0.5, 0.6) is 0 Å². The molecule has 0 spiro atoms. The van der Waals surface area contributed by atoms with Gasteiger partial charge < -0.3 is 15.8 Å². The minimum Gasteiger partial charge on any atom is -0.389 e. The summed E-state index contributed by atoms with van der Waals surface area (Å²) >= 11 is 5.06. The van der Waals surface area contributed by atoms with E-state index in [4.69, 9.17) is 22.7 Å². The minimum atomic E-state index is 0.250. The number of nitrogens with one attached hydrogen (secondary N) is 1. The predicted octanol–water partition coefficient (Wildman–Crippen LogP) is 2.79. The summed E-state index contributed by atoms with van der Waals surface area (Å²) in [6.45, 7) is 7.74. The number of hydrogen-bond donors (Lipinski definition) is 2. The summed E-state index contributed by atoms with van der Waals surface area (Å²) in [7, 11) is 0. The second-order valence-electron chi connectivity index (χ2n) is 4.56. The van der Waals surface area contributed by atoms with Gasteiger partial charge in [0.2, 0.25) is 0 Å². The van der Waals surface area contributed by atoms with E-state index in [0.29, 0.717) is 17.5 Å². The average Bonchev–Trinajstić information content (AvgIpc) is 2.34. The highest BCUT2D eigenvalue weighted by Crippen LogP contribution is 2.18. The van der Waals surface area contributed by atoms with Gasteiger partial charge in [-0.1, -0.05) is 38.2 Å². The number of hydrogen-bond acceptors (Lipinski definition) is 3. The third-order valence-electron chi connectivity index (χ3n) is 2.84. The van der Waals surface area contributed by atoms with Gasteiger partial charge in [-0.25, -0.2) is 0 Å². The molecule has 0 bridgehead atoms. The van der Waals surface area contributed by atoms with Crippen molar-refractivity contribution in [1.29, 1.82) is 0 Å². The van der Waals surface area contributed by atoms with Gasteiger partial charge in [0.1, 0.15) is 4.99 Å². The van der Waals surface area contributed by atoms with Crippen molar-refractivity contribution in [3.05, 3.63) is 29.8 Å². The van der Waals surface area contributed by atoms with Crippen LogP contribution < -0.4 is 11.1 Å². The first-order valence-corrected chi connectivity index (χ1v) is 6.70. The number of para-hydroxylation sites is 1. The van der Waals surface area contributed by atoms with E-state index in [1.807, 2.05) is 31.2 Å². The first kappa shape index (κ1) is 14.9. The standard InChI is InChI=1S/C14H22N2OS/c1-4-17-9-13(10(2)3)16-12-8-6-5-7-11(12)14(15)18/h5-8,10,13,16H,4,9H2,1-3H3,(H2,15,18). The Balaban J connectivity index is 2.83. The lowest BCUT2D eigenvalue weighted by Crippen LogP contribution is -2.32. The third-order valence-corrected chi connectivity index (χ3v) is 3.06. The molecule has 0 amide bonds. The molecule has 3 N–H and O–H groups in total. The van der Waals surface area contributed by atoms with Crippen LogP contribution in [-0.2, 0) is 4.74 Å². The Morgan fingerprint density at radius 1 is 1.39 bits per heavy atom. The highest BCUT2D eigenvalue weighted by molar-refractivity contribution is 7.80. The molecule has 0 saturated carbocycles. The topological polar surface area (TPSA) is 47.3 Å². The van der Waals surface area contributed by atoms with Crippen molar-refractivity contribution in [1.82, 2.24) is 0 Å². The summed E-state index contributed by atoms with van der Waals surface area (Å²) in [4.78, 5) is 0.414. The van der Waals surface area contributed by atoms with Crippen LogP contribution in [0.25, 0.3) is 0 Å². The van der Waals surface area contributed by atoms with Crippen molar-refractivity contribution in [3.8, 4) is 0 Å². The van der Waals surface area contributed by atoms with Crippen LogP contribution in [0.3, 0.4) is 0 Å². The number of ether oxygens (including phenoxy) is 1. The van der Waals surface area contributed by atoms with Gasteiger partial charge in [0.15, 0.2) is 0 Å². The number of thiocarbonyl (C=S) groups is 1. The number of rotatable bonds is 7. The van der Waals surface area contributed by atoms with Crippen molar-refractivity contribution in [2.24, 2.45) is 11.7 Å². The summed E-state index contributed by atoms with van der Waals surface area (Å²) in [5, 5.41) is 3.47. The van der Waals surface area contributed by atoms with Gasteiger partial charge in [0.05, 0.1) is 12.6 Å². The molecule has 0 aliphatic rings. The zero-order valence-electron chi connectivity index (χ0n) is 11.3. The van der Waals surface area contributed by atoms with Crippen LogP contribution in [-0.4, -0.2) is 24.2 Å². The number of nitrogens with two attached hydrogens (primary N) is 1. The van der Waals surface area contributed by atoms with Gasteiger partial charge in [0.25, 0.3) is 0 Å². The van der Waals surface area contributed by atoms with Crippen LogP contribution in [0.2, 0.25) is 0 Å². The molecule has 0 saturated heterocycles. The molecule has 1 aromatic rings. The molecule has 18 heavy (non-hydrogen) atoms. The molecular weight excluding hydrogens is 244 g/mol. The Kier molecular flexibility index (Phi) is 6.09. The first-order chi connectivity index (χ1) is 8.56. The van der Waals surface area contributed by atoms with Crippen molar-refractivity contribution in [2.45, 2.75) is 26.8 Å². The molecule has 100 valence electrons. The normalized spacial score (nSPS) is 12.4. The maximum absolute atomic E-state index is 5.73. The fourth-order valence-electron chi connectivity index (χ4n) is 1.67. The fraction of sp³-hybridized carbons (Fsp3) is 0.500. The zero-order valence-corrected chi connectivity index (χ0v) is 12.1. The molecule has 0 aliphatic heterocycles. The van der Waals surface area contributed by atoms with Gasteiger partial charge in [0, 0.05) is 17.9 Å². The Bertz CT molecular complexity index is 393. The van der Waals surface area contributed by atoms with Crippen molar-refractivity contribution < 1.29 is 4.74 Å². The van der Waals surface area contributed by atoms with Crippen LogP contribution in [0, 0.1) is 5.92 Å². The lowest BCUT2D eigenvalue weighted by atomic mass is 10.0. The van der Waals surface area contributed by atoms with Crippen LogP contribution in [0.4, 0.5) is 5.69 Å². The first-order valence-electron chi connectivity index (χ1n) is 6.29. The summed E-state index contributed by atoms with van der Waals surface area (Å²) in [5.41, 5.74) is 7.59. The Labute approximate surface area is 115 Å². The molecule has 1 unspecified atom stereocenters. The molecule has 0 radical (unpaired) electrons. The van der Waals surface area contributed by atoms with Crippen LogP contribution in [0.15, 0.2) is 24.3 Å². The largest absolute Gasteiger partial charge is 0.389 e. The number of anilines is 1. The molecule has 4 heteroatoms. The van der Waals surface area contributed by atoms with Crippen molar-refractivity contribution in [3.63, 3.8) is 0 Å². The summed E-state index contributed by atoms with van der Waals surface area (Å²) in [6.07, 6.45) is 0. The van der Waals surface area contributed by atoms with Gasteiger partial charge in [-0.15, -0.1) is 0 Å². The maximum Gasteiger partial charge on any atom is 0.106 e. The predicted molar refractivity (Wildman–Crippen MR) is 81.1 cm³/mol.